The van der Waals surface area contributed by atoms with Gasteiger partial charge in [0.1, 0.15) is 6.10 Å². The second-order valence-electron chi connectivity index (χ2n) is 8.60. The first-order valence-electron chi connectivity index (χ1n) is 11.0. The summed E-state index contributed by atoms with van der Waals surface area (Å²) >= 11 is 1.30. The van der Waals surface area contributed by atoms with Crippen molar-refractivity contribution in [1.82, 2.24) is 14.6 Å². The number of rotatable bonds is 5. The molecule has 0 bridgehead atoms. The molecule has 2 aromatic rings. The Bertz CT molecular complexity index is 971. The number of amides is 2. The Kier molecular flexibility index (Phi) is 6.72. The number of aromatic nitrogens is 1. The van der Waals surface area contributed by atoms with E-state index in [9.17, 15) is 4.79 Å². The fourth-order valence-corrected chi connectivity index (χ4v) is 5.01. The van der Waals surface area contributed by atoms with Crippen molar-refractivity contribution in [2.75, 3.05) is 31.7 Å². The maximum atomic E-state index is 12.5. The number of likely N-dealkylation sites (tertiary alicyclic amines) is 1. The summed E-state index contributed by atoms with van der Waals surface area (Å²) in [5.74, 6) is 0.700. The summed E-state index contributed by atoms with van der Waals surface area (Å²) in [7, 11) is 2.15. The number of carbonyl (C=O) groups is 1. The first-order chi connectivity index (χ1) is 15.0. The standard InChI is InChI=1S/C24H32N4O2S/c1-15-14-17-6-5-7-20(17)22(26-24(29)27-31-4)21(15)19-8-11-25-23(16(19)2)30-18-9-12-28(3)13-10-18/h8,11,14,18H,5-7,9-10,12-13H2,1-4H3,(H2,26,27,29). The number of hydrogen-bond acceptors (Lipinski definition) is 5. The molecule has 0 saturated carbocycles. The van der Waals surface area contributed by atoms with E-state index in [1.807, 2.05) is 18.5 Å². The summed E-state index contributed by atoms with van der Waals surface area (Å²) in [6.45, 7) is 6.30. The third-order valence-corrected chi connectivity index (χ3v) is 6.79. The summed E-state index contributed by atoms with van der Waals surface area (Å²) in [6.07, 6.45) is 9.07. The van der Waals surface area contributed by atoms with Gasteiger partial charge < -0.3 is 15.0 Å². The van der Waals surface area contributed by atoms with Crippen molar-refractivity contribution in [3.05, 3.63) is 40.6 Å². The lowest BCUT2D eigenvalue weighted by atomic mass is 9.91. The Morgan fingerprint density at radius 3 is 2.77 bits per heavy atom. The lowest BCUT2D eigenvalue weighted by molar-refractivity contribution is 0.109. The number of nitrogens with one attached hydrogen (secondary N) is 2. The highest BCUT2D eigenvalue weighted by atomic mass is 32.2. The van der Waals surface area contributed by atoms with Crippen LogP contribution in [0.3, 0.4) is 0 Å². The molecule has 0 atom stereocenters. The van der Waals surface area contributed by atoms with Crippen molar-refractivity contribution < 1.29 is 9.53 Å². The van der Waals surface area contributed by atoms with Gasteiger partial charge in [-0.15, -0.1) is 0 Å². The maximum absolute atomic E-state index is 12.5. The molecule has 2 heterocycles. The van der Waals surface area contributed by atoms with Crippen LogP contribution in [0.5, 0.6) is 5.88 Å². The van der Waals surface area contributed by atoms with E-state index in [-0.39, 0.29) is 12.1 Å². The third kappa shape index (κ3) is 4.67. The molecule has 0 unspecified atom stereocenters. The summed E-state index contributed by atoms with van der Waals surface area (Å²) in [5.41, 5.74) is 7.87. The number of aryl methyl sites for hydroxylation is 2. The van der Waals surface area contributed by atoms with Crippen LogP contribution in [0.4, 0.5) is 10.5 Å². The normalized spacial score (nSPS) is 16.8. The smallest absolute Gasteiger partial charge is 0.329 e. The van der Waals surface area contributed by atoms with E-state index in [2.05, 4.69) is 46.9 Å². The van der Waals surface area contributed by atoms with Gasteiger partial charge in [0, 0.05) is 36.7 Å². The molecule has 4 rings (SSSR count). The van der Waals surface area contributed by atoms with Crippen molar-refractivity contribution in [2.24, 2.45) is 0 Å². The lowest BCUT2D eigenvalue weighted by Gasteiger charge is -2.29. The zero-order valence-corrected chi connectivity index (χ0v) is 19.7. The molecule has 0 radical (unpaired) electrons. The highest BCUT2D eigenvalue weighted by Gasteiger charge is 2.25. The first kappa shape index (κ1) is 22.0. The van der Waals surface area contributed by atoms with Crippen LogP contribution in [-0.2, 0) is 12.8 Å². The SMILES string of the molecule is CSNC(=O)Nc1c2c(cc(C)c1-c1ccnc(OC3CCN(C)CC3)c1C)CCC2. The highest BCUT2D eigenvalue weighted by Crippen LogP contribution is 2.42. The number of anilines is 1. The molecule has 166 valence electrons. The molecule has 1 aliphatic heterocycles. The van der Waals surface area contributed by atoms with Gasteiger partial charge >= 0.3 is 6.03 Å². The molecule has 7 heteroatoms. The molecule has 31 heavy (non-hydrogen) atoms. The van der Waals surface area contributed by atoms with E-state index in [4.69, 9.17) is 4.74 Å². The van der Waals surface area contributed by atoms with Gasteiger partial charge in [-0.3, -0.25) is 4.72 Å². The van der Waals surface area contributed by atoms with E-state index in [0.29, 0.717) is 5.88 Å². The van der Waals surface area contributed by atoms with Gasteiger partial charge in [0.15, 0.2) is 0 Å². The van der Waals surface area contributed by atoms with E-state index < -0.39 is 0 Å². The molecule has 6 nitrogen and oxygen atoms in total. The molecule has 2 aliphatic rings. The number of hydrogen-bond donors (Lipinski definition) is 2. The van der Waals surface area contributed by atoms with Crippen LogP contribution in [0.15, 0.2) is 18.3 Å². The minimum atomic E-state index is -0.192. The fourth-order valence-electron chi connectivity index (χ4n) is 4.78. The van der Waals surface area contributed by atoms with Gasteiger partial charge in [0.25, 0.3) is 0 Å². The van der Waals surface area contributed by atoms with E-state index in [1.54, 1.807) is 0 Å². The fraction of sp³-hybridized carbons (Fsp3) is 0.500. The van der Waals surface area contributed by atoms with Crippen LogP contribution >= 0.6 is 11.9 Å². The van der Waals surface area contributed by atoms with Crippen LogP contribution in [0.2, 0.25) is 0 Å². The van der Waals surface area contributed by atoms with Crippen molar-refractivity contribution >= 4 is 23.7 Å². The summed E-state index contributed by atoms with van der Waals surface area (Å²) in [5, 5.41) is 3.15. The summed E-state index contributed by atoms with van der Waals surface area (Å²) < 4.78 is 9.14. The topological polar surface area (TPSA) is 66.5 Å². The predicted molar refractivity (Wildman–Crippen MR) is 128 cm³/mol. The van der Waals surface area contributed by atoms with Crippen LogP contribution in [0.1, 0.15) is 41.5 Å². The number of fused-ring (bicyclic) bond motifs is 1. The maximum Gasteiger partial charge on any atom is 0.329 e. The van der Waals surface area contributed by atoms with Gasteiger partial charge in [0.05, 0.1) is 5.69 Å². The molecule has 0 spiro atoms. The van der Waals surface area contributed by atoms with Crippen molar-refractivity contribution in [3.63, 3.8) is 0 Å². The highest BCUT2D eigenvalue weighted by molar-refractivity contribution is 7.97. The third-order valence-electron chi connectivity index (χ3n) is 6.40. The van der Waals surface area contributed by atoms with E-state index >= 15 is 0 Å². The number of ether oxygens (including phenoxy) is 1. The van der Waals surface area contributed by atoms with E-state index in [1.165, 1.54) is 28.6 Å². The molecule has 2 amide bonds. The summed E-state index contributed by atoms with van der Waals surface area (Å²) in [6, 6.07) is 4.13. The van der Waals surface area contributed by atoms with Gasteiger partial charge in [-0.2, -0.15) is 0 Å². The minimum Gasteiger partial charge on any atom is -0.474 e. The number of nitrogens with zero attached hydrogens (tertiary/aromatic N) is 2. The summed E-state index contributed by atoms with van der Waals surface area (Å²) in [4.78, 5) is 19.4. The molecule has 1 aromatic carbocycles. The van der Waals surface area contributed by atoms with E-state index in [0.717, 1.165) is 67.6 Å². The van der Waals surface area contributed by atoms with Gasteiger partial charge in [0.2, 0.25) is 5.88 Å². The van der Waals surface area contributed by atoms with Crippen LogP contribution in [-0.4, -0.2) is 48.4 Å². The molecule has 1 aromatic heterocycles. The van der Waals surface area contributed by atoms with Crippen molar-refractivity contribution in [3.8, 4) is 17.0 Å². The Balaban J connectivity index is 1.73. The monoisotopic (exact) mass is 440 g/mol. The van der Waals surface area contributed by atoms with Crippen LogP contribution in [0, 0.1) is 13.8 Å². The second kappa shape index (κ2) is 9.49. The van der Waals surface area contributed by atoms with Crippen LogP contribution < -0.4 is 14.8 Å². The average Bonchev–Trinajstić information content (AvgIpc) is 3.20. The lowest BCUT2D eigenvalue weighted by Crippen LogP contribution is -2.35. The molecular weight excluding hydrogens is 408 g/mol. The number of urea groups is 1. The van der Waals surface area contributed by atoms with Crippen molar-refractivity contribution in [1.29, 1.82) is 0 Å². The Morgan fingerprint density at radius 2 is 2.03 bits per heavy atom. The number of benzene rings is 1. The van der Waals surface area contributed by atoms with Crippen LogP contribution in [0.25, 0.3) is 11.1 Å². The molecular formula is C24H32N4O2S. The Labute approximate surface area is 189 Å². The van der Waals surface area contributed by atoms with Crippen molar-refractivity contribution in [2.45, 2.75) is 52.1 Å². The van der Waals surface area contributed by atoms with Gasteiger partial charge in [-0.05, 0) is 81.3 Å². The quantitative estimate of drug-likeness (QED) is 0.658. The number of piperidine rings is 1. The number of pyridine rings is 1. The van der Waals surface area contributed by atoms with Gasteiger partial charge in [-0.1, -0.05) is 18.0 Å². The zero-order valence-electron chi connectivity index (χ0n) is 18.9. The second-order valence-corrected chi connectivity index (χ2v) is 9.22. The predicted octanol–water partition coefficient (Wildman–Crippen LogP) is 4.73. The largest absolute Gasteiger partial charge is 0.474 e. The zero-order chi connectivity index (χ0) is 22.0. The molecule has 1 aliphatic carbocycles. The Morgan fingerprint density at radius 1 is 1.26 bits per heavy atom. The molecule has 2 N–H and O–H groups in total. The first-order valence-corrected chi connectivity index (χ1v) is 12.3. The number of carbonyl (C=O) groups excluding carboxylic acids is 1. The average molecular weight is 441 g/mol. The minimum absolute atomic E-state index is 0.192. The van der Waals surface area contributed by atoms with Gasteiger partial charge in [-0.25, -0.2) is 9.78 Å². The molecule has 1 saturated heterocycles. The Hall–Kier alpha value is -2.25. The molecule has 1 fully saturated rings.